The van der Waals surface area contributed by atoms with Gasteiger partial charge in [0.1, 0.15) is 0 Å². The lowest BCUT2D eigenvalue weighted by Crippen LogP contribution is -2.43. The fraction of sp³-hybridized carbons (Fsp3) is 0.500. The molecule has 0 saturated carbocycles. The summed E-state index contributed by atoms with van der Waals surface area (Å²) >= 11 is 0. The summed E-state index contributed by atoms with van der Waals surface area (Å²) in [5.74, 6) is -0.323. The van der Waals surface area contributed by atoms with Crippen molar-refractivity contribution < 1.29 is 4.79 Å². The van der Waals surface area contributed by atoms with E-state index in [2.05, 4.69) is 19.1 Å². The van der Waals surface area contributed by atoms with Crippen molar-refractivity contribution in [2.75, 3.05) is 13.1 Å². The molecule has 18 heavy (non-hydrogen) atoms. The van der Waals surface area contributed by atoms with Crippen LogP contribution in [0.1, 0.15) is 31.0 Å². The third-order valence-electron chi connectivity index (χ3n) is 3.16. The highest BCUT2D eigenvalue weighted by Gasteiger charge is 2.25. The van der Waals surface area contributed by atoms with Crippen LogP contribution in [-0.4, -0.2) is 29.9 Å². The van der Waals surface area contributed by atoms with Gasteiger partial charge in [-0.1, -0.05) is 31.2 Å². The van der Waals surface area contributed by atoms with E-state index in [-0.39, 0.29) is 24.5 Å². The summed E-state index contributed by atoms with van der Waals surface area (Å²) < 4.78 is 0. The van der Waals surface area contributed by atoms with Crippen LogP contribution in [0.15, 0.2) is 24.3 Å². The van der Waals surface area contributed by atoms with E-state index in [4.69, 9.17) is 11.5 Å². The molecule has 0 fully saturated rings. The number of rotatable bonds is 6. The molecule has 0 bridgehead atoms. The lowest BCUT2D eigenvalue weighted by atomic mass is 9.95. The predicted molar refractivity (Wildman–Crippen MR) is 74.0 cm³/mol. The number of amides is 1. The van der Waals surface area contributed by atoms with Gasteiger partial charge in [-0.05, 0) is 31.5 Å². The lowest BCUT2D eigenvalue weighted by molar-refractivity contribution is -0.119. The van der Waals surface area contributed by atoms with Crippen LogP contribution >= 0.6 is 0 Å². The second kappa shape index (κ2) is 6.52. The number of benzene rings is 1. The molecular formula is C14H23N3O. The number of hydrogen-bond donors (Lipinski definition) is 2. The second-order valence-corrected chi connectivity index (χ2v) is 4.69. The number of aryl methyl sites for hydroxylation is 1. The smallest absolute Gasteiger partial charge is 0.231 e. The molecule has 4 heteroatoms. The topological polar surface area (TPSA) is 72.3 Å². The Kier molecular flexibility index (Phi) is 5.31. The Balaban J connectivity index is 3.08. The quantitative estimate of drug-likeness (QED) is 0.795. The normalized spacial score (nSPS) is 14.5. The van der Waals surface area contributed by atoms with Gasteiger partial charge in [0.15, 0.2) is 0 Å². The zero-order valence-corrected chi connectivity index (χ0v) is 11.4. The number of primary amides is 1. The van der Waals surface area contributed by atoms with Crippen molar-refractivity contribution in [1.29, 1.82) is 0 Å². The highest BCUT2D eigenvalue weighted by Crippen LogP contribution is 2.25. The summed E-state index contributed by atoms with van der Waals surface area (Å²) in [5, 5.41) is 0. The summed E-state index contributed by atoms with van der Waals surface area (Å²) in [4.78, 5) is 13.2. The van der Waals surface area contributed by atoms with Gasteiger partial charge in [0, 0.05) is 6.04 Å². The summed E-state index contributed by atoms with van der Waals surface area (Å²) in [6.45, 7) is 7.00. The fourth-order valence-corrected chi connectivity index (χ4v) is 2.34. The predicted octanol–water partition coefficient (Wildman–Crippen LogP) is 1.19. The van der Waals surface area contributed by atoms with Crippen LogP contribution in [0.25, 0.3) is 0 Å². The molecule has 0 aliphatic rings. The van der Waals surface area contributed by atoms with E-state index in [0.29, 0.717) is 0 Å². The number of nitrogens with two attached hydrogens (primary N) is 2. The molecule has 0 aliphatic carbocycles. The van der Waals surface area contributed by atoms with Crippen LogP contribution in [0, 0.1) is 6.92 Å². The van der Waals surface area contributed by atoms with Gasteiger partial charge in [-0.2, -0.15) is 0 Å². The van der Waals surface area contributed by atoms with Crippen LogP contribution < -0.4 is 11.5 Å². The molecular weight excluding hydrogens is 226 g/mol. The first-order valence-corrected chi connectivity index (χ1v) is 6.30. The van der Waals surface area contributed by atoms with Crippen molar-refractivity contribution in [3.8, 4) is 0 Å². The Morgan fingerprint density at radius 2 is 2.00 bits per heavy atom. The number of nitrogens with zero attached hydrogens (tertiary/aromatic N) is 1. The zero-order chi connectivity index (χ0) is 13.7. The average molecular weight is 249 g/mol. The number of carbonyl (C=O) groups is 1. The van der Waals surface area contributed by atoms with Gasteiger partial charge in [-0.25, -0.2) is 0 Å². The molecule has 4 nitrogen and oxygen atoms in total. The van der Waals surface area contributed by atoms with E-state index >= 15 is 0 Å². The zero-order valence-electron chi connectivity index (χ0n) is 11.4. The molecule has 0 spiro atoms. The van der Waals surface area contributed by atoms with Gasteiger partial charge in [-0.3, -0.25) is 9.69 Å². The molecule has 0 aliphatic heterocycles. The van der Waals surface area contributed by atoms with E-state index in [1.54, 1.807) is 0 Å². The molecule has 1 rings (SSSR count). The number of hydrogen-bond acceptors (Lipinski definition) is 3. The largest absolute Gasteiger partial charge is 0.369 e. The first-order valence-electron chi connectivity index (χ1n) is 6.30. The number of carbonyl (C=O) groups excluding carboxylic acids is 1. The van der Waals surface area contributed by atoms with Crippen LogP contribution in [0.3, 0.4) is 0 Å². The molecule has 4 N–H and O–H groups in total. The van der Waals surface area contributed by atoms with E-state index in [1.165, 1.54) is 5.56 Å². The van der Waals surface area contributed by atoms with Gasteiger partial charge in [0.05, 0.1) is 12.6 Å². The summed E-state index contributed by atoms with van der Waals surface area (Å²) in [7, 11) is 0. The van der Waals surface area contributed by atoms with Crippen molar-refractivity contribution in [2.24, 2.45) is 11.5 Å². The van der Waals surface area contributed by atoms with Crippen molar-refractivity contribution in [2.45, 2.75) is 32.9 Å². The van der Waals surface area contributed by atoms with Crippen LogP contribution in [0.4, 0.5) is 0 Å². The van der Waals surface area contributed by atoms with E-state index in [9.17, 15) is 4.79 Å². The molecule has 1 aromatic carbocycles. The molecule has 2 unspecified atom stereocenters. The summed E-state index contributed by atoms with van der Waals surface area (Å²) in [6.07, 6.45) is 0. The Bertz CT molecular complexity index is 404. The van der Waals surface area contributed by atoms with Gasteiger partial charge in [0.25, 0.3) is 0 Å². The van der Waals surface area contributed by atoms with Gasteiger partial charge < -0.3 is 11.5 Å². The molecule has 1 aromatic rings. The minimum atomic E-state index is -0.323. The maximum atomic E-state index is 11.2. The highest BCUT2D eigenvalue weighted by molar-refractivity contribution is 5.76. The van der Waals surface area contributed by atoms with E-state index < -0.39 is 0 Å². The minimum Gasteiger partial charge on any atom is -0.369 e. The molecule has 0 aromatic heterocycles. The molecule has 1 amide bonds. The monoisotopic (exact) mass is 249 g/mol. The van der Waals surface area contributed by atoms with Crippen LogP contribution in [-0.2, 0) is 4.79 Å². The van der Waals surface area contributed by atoms with Crippen LogP contribution in [0.5, 0.6) is 0 Å². The summed E-state index contributed by atoms with van der Waals surface area (Å²) in [5.41, 5.74) is 13.7. The number of likely N-dealkylation sites (N-methyl/N-ethyl adjacent to an activating group) is 1. The summed E-state index contributed by atoms with van der Waals surface area (Å²) in [6, 6.07) is 8.07. The molecule has 0 radical (unpaired) electrons. The maximum Gasteiger partial charge on any atom is 0.231 e. The molecule has 2 atom stereocenters. The molecule has 100 valence electrons. The van der Waals surface area contributed by atoms with E-state index in [1.807, 2.05) is 30.9 Å². The van der Waals surface area contributed by atoms with Gasteiger partial charge in [0.2, 0.25) is 5.91 Å². The van der Waals surface area contributed by atoms with Crippen LogP contribution in [0.2, 0.25) is 0 Å². The van der Waals surface area contributed by atoms with Crippen molar-refractivity contribution in [3.05, 3.63) is 35.4 Å². The lowest BCUT2D eigenvalue weighted by Gasteiger charge is -2.33. The van der Waals surface area contributed by atoms with Crippen molar-refractivity contribution in [3.63, 3.8) is 0 Å². The van der Waals surface area contributed by atoms with Crippen molar-refractivity contribution >= 4 is 5.91 Å². The van der Waals surface area contributed by atoms with Gasteiger partial charge in [-0.15, -0.1) is 0 Å². The third-order valence-corrected chi connectivity index (χ3v) is 3.16. The Labute approximate surface area is 109 Å². The minimum absolute atomic E-state index is 0.0173. The highest BCUT2D eigenvalue weighted by atomic mass is 16.1. The molecule has 0 heterocycles. The third kappa shape index (κ3) is 3.55. The van der Waals surface area contributed by atoms with E-state index in [0.717, 1.165) is 12.1 Å². The first kappa shape index (κ1) is 14.7. The molecule has 0 saturated heterocycles. The fourth-order valence-electron chi connectivity index (χ4n) is 2.34. The Morgan fingerprint density at radius 3 is 2.44 bits per heavy atom. The SMILES string of the molecule is CCN(CC(N)=O)C(c1ccccc1C)C(C)N. The Hall–Kier alpha value is -1.39. The first-order chi connectivity index (χ1) is 8.47. The van der Waals surface area contributed by atoms with Gasteiger partial charge >= 0.3 is 0 Å². The second-order valence-electron chi connectivity index (χ2n) is 4.69. The maximum absolute atomic E-state index is 11.2. The van der Waals surface area contributed by atoms with Crippen molar-refractivity contribution in [1.82, 2.24) is 4.90 Å². The average Bonchev–Trinajstić information content (AvgIpc) is 2.29. The standard InChI is InChI=1S/C14H23N3O/c1-4-17(9-13(16)18)14(11(3)15)12-8-6-5-7-10(12)2/h5-8,11,14H,4,9,15H2,1-3H3,(H2,16,18). The Morgan fingerprint density at radius 1 is 1.39 bits per heavy atom.